The Balaban J connectivity index is 2.39. The molecule has 1 aromatic heterocycles. The molecule has 0 bridgehead atoms. The first kappa shape index (κ1) is 15.7. The fraction of sp³-hybridized carbons (Fsp3) is 0.556. The highest BCUT2D eigenvalue weighted by Crippen LogP contribution is 2.11. The van der Waals surface area contributed by atoms with Gasteiger partial charge < -0.3 is 16.0 Å². The molecular weight excluding hydrogens is 281 g/mol. The number of nitrogens with zero attached hydrogens (tertiary/aromatic N) is 4. The number of carbonyl (C=O) groups excluding carboxylic acids is 2. The third kappa shape index (κ3) is 5.54. The summed E-state index contributed by atoms with van der Waals surface area (Å²) in [6.07, 6.45) is -3.26. The molecule has 1 aromatic rings. The van der Waals surface area contributed by atoms with Gasteiger partial charge in [-0.1, -0.05) is 0 Å². The van der Waals surface area contributed by atoms with Gasteiger partial charge in [0.2, 0.25) is 17.8 Å². The van der Waals surface area contributed by atoms with Crippen LogP contribution in [0, 0.1) is 0 Å². The third-order valence-electron chi connectivity index (χ3n) is 2.14. The summed E-state index contributed by atoms with van der Waals surface area (Å²) in [5.74, 6) is -1.43. The number of rotatable bonds is 5. The van der Waals surface area contributed by atoms with Gasteiger partial charge in [0.1, 0.15) is 19.4 Å². The van der Waals surface area contributed by atoms with E-state index >= 15 is 0 Å². The molecule has 0 unspecified atom stereocenters. The van der Waals surface area contributed by atoms with Gasteiger partial charge in [0.05, 0.1) is 6.54 Å². The molecule has 0 atom stereocenters. The van der Waals surface area contributed by atoms with E-state index in [2.05, 4.69) is 10.1 Å². The van der Waals surface area contributed by atoms with Crippen LogP contribution in [0.1, 0.15) is 0 Å². The molecule has 2 amide bonds. The van der Waals surface area contributed by atoms with E-state index in [9.17, 15) is 22.8 Å². The molecule has 11 heteroatoms. The number of halogens is 3. The highest BCUT2D eigenvalue weighted by atomic mass is 19.4. The molecule has 1 rings (SSSR count). The predicted octanol–water partition coefficient (Wildman–Crippen LogP) is -1.00. The Morgan fingerprint density at radius 1 is 1.50 bits per heavy atom. The molecule has 1 heterocycles. The van der Waals surface area contributed by atoms with Crippen LogP contribution < -0.4 is 11.1 Å². The molecular formula is C9H13F3N6O2. The van der Waals surface area contributed by atoms with Gasteiger partial charge in [0, 0.05) is 7.05 Å². The minimum absolute atomic E-state index is 0.0108. The van der Waals surface area contributed by atoms with Crippen LogP contribution in [0.2, 0.25) is 0 Å². The molecule has 0 saturated heterocycles. The number of carbonyl (C=O) groups is 2. The molecule has 20 heavy (non-hydrogen) atoms. The molecule has 0 spiro atoms. The minimum Gasteiger partial charge on any atom is -0.367 e. The molecule has 0 fully saturated rings. The number of nitrogens with two attached hydrogens (primary N) is 1. The number of alkyl halides is 3. The maximum atomic E-state index is 11.9. The fourth-order valence-corrected chi connectivity index (χ4v) is 1.20. The van der Waals surface area contributed by atoms with Gasteiger partial charge >= 0.3 is 6.18 Å². The lowest BCUT2D eigenvalue weighted by molar-refractivity contribution is -0.141. The maximum absolute atomic E-state index is 11.9. The maximum Gasteiger partial charge on any atom is 0.405 e. The Hall–Kier alpha value is -2.33. The molecule has 112 valence electrons. The van der Waals surface area contributed by atoms with Crippen molar-refractivity contribution in [1.82, 2.24) is 25.0 Å². The monoisotopic (exact) mass is 294 g/mol. The molecule has 0 aromatic carbocycles. The van der Waals surface area contributed by atoms with Crippen molar-refractivity contribution in [1.29, 1.82) is 0 Å². The standard InChI is InChI=1S/C9H13F3N6O2/c1-17(2-6(19)14-4-9(10,11)12)7(20)3-18-5-15-8(13)16-18/h5H,2-4H2,1H3,(H2,13,16)(H,14,19). The molecule has 8 nitrogen and oxygen atoms in total. The quantitative estimate of drug-likeness (QED) is 0.724. The second kappa shape index (κ2) is 6.21. The van der Waals surface area contributed by atoms with Crippen molar-refractivity contribution in [2.75, 3.05) is 25.9 Å². The summed E-state index contributed by atoms with van der Waals surface area (Å²) in [6, 6.07) is 0. The van der Waals surface area contributed by atoms with Crippen molar-refractivity contribution < 1.29 is 22.8 Å². The third-order valence-corrected chi connectivity index (χ3v) is 2.14. The van der Waals surface area contributed by atoms with Gasteiger partial charge in [0.25, 0.3) is 0 Å². The Labute approximate surface area is 111 Å². The number of aromatic nitrogens is 3. The average Bonchev–Trinajstić information content (AvgIpc) is 2.71. The van der Waals surface area contributed by atoms with E-state index in [1.54, 1.807) is 5.32 Å². The normalized spacial score (nSPS) is 11.2. The Kier molecular flexibility index (Phi) is 4.88. The molecule has 0 aliphatic heterocycles. The molecule has 0 aliphatic rings. The van der Waals surface area contributed by atoms with Crippen LogP contribution in [-0.4, -0.2) is 57.8 Å². The summed E-state index contributed by atoms with van der Waals surface area (Å²) in [6.45, 7) is -2.14. The summed E-state index contributed by atoms with van der Waals surface area (Å²) < 4.78 is 36.8. The largest absolute Gasteiger partial charge is 0.405 e. The summed E-state index contributed by atoms with van der Waals surface area (Å²) in [5.41, 5.74) is 5.25. The number of hydrogen-bond donors (Lipinski definition) is 2. The highest BCUT2D eigenvalue weighted by Gasteiger charge is 2.28. The lowest BCUT2D eigenvalue weighted by Gasteiger charge is -2.17. The zero-order chi connectivity index (χ0) is 15.3. The SMILES string of the molecule is CN(CC(=O)NCC(F)(F)F)C(=O)Cn1cnc(N)n1. The van der Waals surface area contributed by atoms with E-state index in [4.69, 9.17) is 5.73 Å². The highest BCUT2D eigenvalue weighted by molar-refractivity contribution is 5.84. The number of likely N-dealkylation sites (N-methyl/N-ethyl adjacent to an activating group) is 1. The first-order chi connectivity index (χ1) is 9.17. The van der Waals surface area contributed by atoms with Crippen molar-refractivity contribution in [2.24, 2.45) is 0 Å². The summed E-state index contributed by atoms with van der Waals surface area (Å²) >= 11 is 0. The fourth-order valence-electron chi connectivity index (χ4n) is 1.20. The van der Waals surface area contributed by atoms with Crippen LogP contribution in [-0.2, 0) is 16.1 Å². The number of nitrogen functional groups attached to an aromatic ring is 1. The Bertz CT molecular complexity index is 486. The summed E-state index contributed by atoms with van der Waals surface area (Å²) in [4.78, 5) is 27.4. The zero-order valence-corrected chi connectivity index (χ0v) is 10.5. The Morgan fingerprint density at radius 3 is 2.65 bits per heavy atom. The molecule has 3 N–H and O–H groups in total. The Morgan fingerprint density at radius 2 is 2.15 bits per heavy atom. The lowest BCUT2D eigenvalue weighted by Crippen LogP contribution is -2.42. The average molecular weight is 294 g/mol. The summed E-state index contributed by atoms with van der Waals surface area (Å²) in [5, 5.41) is 5.33. The van der Waals surface area contributed by atoms with E-state index in [0.29, 0.717) is 0 Å². The van der Waals surface area contributed by atoms with Crippen LogP contribution >= 0.6 is 0 Å². The first-order valence-electron chi connectivity index (χ1n) is 5.39. The topological polar surface area (TPSA) is 106 Å². The first-order valence-corrected chi connectivity index (χ1v) is 5.39. The van der Waals surface area contributed by atoms with E-state index < -0.39 is 31.1 Å². The van der Waals surface area contributed by atoms with Gasteiger partial charge in [-0.2, -0.15) is 13.2 Å². The van der Waals surface area contributed by atoms with Gasteiger partial charge in [-0.15, -0.1) is 5.10 Å². The van der Waals surface area contributed by atoms with E-state index in [-0.39, 0.29) is 12.5 Å². The van der Waals surface area contributed by atoms with Crippen molar-refractivity contribution in [2.45, 2.75) is 12.7 Å². The number of hydrogen-bond acceptors (Lipinski definition) is 5. The lowest BCUT2D eigenvalue weighted by atomic mass is 10.4. The van der Waals surface area contributed by atoms with Crippen LogP contribution in [0.15, 0.2) is 6.33 Å². The van der Waals surface area contributed by atoms with E-state index in [0.717, 1.165) is 9.58 Å². The van der Waals surface area contributed by atoms with Crippen LogP contribution in [0.25, 0.3) is 0 Å². The van der Waals surface area contributed by atoms with Crippen molar-refractivity contribution >= 4 is 17.8 Å². The van der Waals surface area contributed by atoms with Crippen molar-refractivity contribution in [3.8, 4) is 0 Å². The smallest absolute Gasteiger partial charge is 0.367 e. The number of amides is 2. The zero-order valence-electron chi connectivity index (χ0n) is 10.5. The predicted molar refractivity (Wildman–Crippen MR) is 61.1 cm³/mol. The minimum atomic E-state index is -4.49. The number of anilines is 1. The van der Waals surface area contributed by atoms with E-state index in [1.807, 2.05) is 0 Å². The van der Waals surface area contributed by atoms with Gasteiger partial charge in [-0.25, -0.2) is 9.67 Å². The van der Waals surface area contributed by atoms with Crippen molar-refractivity contribution in [3.63, 3.8) is 0 Å². The molecule has 0 saturated carbocycles. The van der Waals surface area contributed by atoms with E-state index in [1.165, 1.54) is 13.4 Å². The van der Waals surface area contributed by atoms with Crippen LogP contribution in [0.3, 0.4) is 0 Å². The van der Waals surface area contributed by atoms with Crippen molar-refractivity contribution in [3.05, 3.63) is 6.33 Å². The summed E-state index contributed by atoms with van der Waals surface area (Å²) in [7, 11) is 1.29. The van der Waals surface area contributed by atoms with Crippen LogP contribution in [0.4, 0.5) is 19.1 Å². The van der Waals surface area contributed by atoms with Gasteiger partial charge in [-0.05, 0) is 0 Å². The van der Waals surface area contributed by atoms with Crippen LogP contribution in [0.5, 0.6) is 0 Å². The molecule has 0 aliphatic carbocycles. The number of nitrogens with one attached hydrogen (secondary N) is 1. The second-order valence-corrected chi connectivity index (χ2v) is 3.94. The van der Waals surface area contributed by atoms with Gasteiger partial charge in [-0.3, -0.25) is 9.59 Å². The molecule has 0 radical (unpaired) electrons. The van der Waals surface area contributed by atoms with Gasteiger partial charge in [0.15, 0.2) is 0 Å². The second-order valence-electron chi connectivity index (χ2n) is 3.94.